The molecule has 112 valence electrons. The Morgan fingerprint density at radius 3 is 0.133 bits per heavy atom. The molecule has 28 N–H and O–H groups in total. The fourth-order valence-corrected chi connectivity index (χ4v) is 0. The van der Waals surface area contributed by atoms with Crippen molar-refractivity contribution >= 4 is 17.4 Å². The minimum Gasteiger partial charge on any atom is -0.412 e. The molecular weight excluding hydrogens is 251 g/mol. The fourth-order valence-electron chi connectivity index (χ4n) is 0. The first-order valence-electron chi connectivity index (χ1n) is 0. The standard InChI is InChI=1S/Al.14H2O/h;14*1H2/q+3;;;;;;;;;;;;;;. The average Bonchev–Trinajstić information content (AvgIpc) is 0. The van der Waals surface area contributed by atoms with Gasteiger partial charge in [0.25, 0.3) is 0 Å². The van der Waals surface area contributed by atoms with Gasteiger partial charge >= 0.3 is 17.4 Å². The minimum absolute atomic E-state index is 0. The van der Waals surface area contributed by atoms with Crippen LogP contribution in [0.15, 0.2) is 0 Å². The van der Waals surface area contributed by atoms with E-state index < -0.39 is 0 Å². The van der Waals surface area contributed by atoms with Gasteiger partial charge in [0.1, 0.15) is 0 Å². The van der Waals surface area contributed by atoms with E-state index >= 15 is 0 Å². The van der Waals surface area contributed by atoms with Gasteiger partial charge in [-0.3, -0.25) is 0 Å². The van der Waals surface area contributed by atoms with Crippen LogP contribution in [0.3, 0.4) is 0 Å². The summed E-state index contributed by atoms with van der Waals surface area (Å²) >= 11 is 0. The zero-order chi connectivity index (χ0) is 0. The van der Waals surface area contributed by atoms with E-state index in [0.29, 0.717) is 0 Å². The van der Waals surface area contributed by atoms with Gasteiger partial charge in [0, 0.05) is 0 Å². The average molecular weight is 279 g/mol. The molecule has 0 rings (SSSR count). The van der Waals surface area contributed by atoms with Crippen molar-refractivity contribution in [1.29, 1.82) is 0 Å². The summed E-state index contributed by atoms with van der Waals surface area (Å²) in [6, 6.07) is 0. The third-order valence-electron chi connectivity index (χ3n) is 0. The minimum atomic E-state index is 0. The molecule has 0 atom stereocenters. The fraction of sp³-hybridized carbons (Fsp3) is 0. The summed E-state index contributed by atoms with van der Waals surface area (Å²) in [5.74, 6) is 0. The molecule has 0 aliphatic heterocycles. The third kappa shape index (κ3) is 2640000. The van der Waals surface area contributed by atoms with Gasteiger partial charge in [-0.05, 0) is 0 Å². The molecule has 14 nitrogen and oxygen atoms in total. The summed E-state index contributed by atoms with van der Waals surface area (Å²) in [5.41, 5.74) is 0. The Hall–Kier alpha value is -0.0275. The van der Waals surface area contributed by atoms with Gasteiger partial charge in [-0.15, -0.1) is 0 Å². The van der Waals surface area contributed by atoms with Crippen LogP contribution in [-0.4, -0.2) is 94.0 Å². The predicted octanol–water partition coefficient (Wildman–Crippen LogP) is -11.9. The summed E-state index contributed by atoms with van der Waals surface area (Å²) < 4.78 is 0. The van der Waals surface area contributed by atoms with Crippen LogP contribution in [-0.2, 0) is 0 Å². The molecule has 0 aromatic carbocycles. The van der Waals surface area contributed by atoms with Crippen molar-refractivity contribution in [3.05, 3.63) is 0 Å². The Balaban J connectivity index is 0. The van der Waals surface area contributed by atoms with E-state index in [0.717, 1.165) is 0 Å². The predicted molar refractivity (Wildman–Crippen MR) is 56.3 cm³/mol. The third-order valence-corrected chi connectivity index (χ3v) is 0. The Morgan fingerprint density at radius 2 is 0.133 bits per heavy atom. The molecule has 0 aromatic rings. The molecule has 0 bridgehead atoms. The van der Waals surface area contributed by atoms with Crippen molar-refractivity contribution in [2.24, 2.45) is 0 Å². The largest absolute Gasteiger partial charge is 3.00 e. The molecule has 0 fully saturated rings. The van der Waals surface area contributed by atoms with Gasteiger partial charge in [-0.2, -0.15) is 0 Å². The van der Waals surface area contributed by atoms with Crippen LogP contribution < -0.4 is 0 Å². The molecule has 0 saturated heterocycles. The van der Waals surface area contributed by atoms with Crippen LogP contribution in [0.25, 0.3) is 0 Å². The second kappa shape index (κ2) is 3100000. The van der Waals surface area contributed by atoms with E-state index in [1.807, 2.05) is 0 Å². The van der Waals surface area contributed by atoms with E-state index in [9.17, 15) is 0 Å². The monoisotopic (exact) mass is 279 g/mol. The second-order valence-corrected chi connectivity index (χ2v) is 0. The number of rotatable bonds is 0. The summed E-state index contributed by atoms with van der Waals surface area (Å²) in [6.45, 7) is 0. The van der Waals surface area contributed by atoms with Gasteiger partial charge in [0.2, 0.25) is 0 Å². The zero-order valence-corrected chi connectivity index (χ0v) is 8.73. The maximum Gasteiger partial charge on any atom is 3.00 e. The van der Waals surface area contributed by atoms with Crippen LogP contribution >= 0.6 is 0 Å². The van der Waals surface area contributed by atoms with Gasteiger partial charge in [-0.25, -0.2) is 0 Å². The van der Waals surface area contributed by atoms with Crippen molar-refractivity contribution in [3.8, 4) is 0 Å². The molecule has 0 aliphatic carbocycles. The molecule has 0 aliphatic rings. The van der Waals surface area contributed by atoms with E-state index in [2.05, 4.69) is 0 Å². The van der Waals surface area contributed by atoms with Crippen LogP contribution in [0, 0.1) is 0 Å². The van der Waals surface area contributed by atoms with Crippen LogP contribution in [0.4, 0.5) is 0 Å². The molecular formula is H28AlO14+3. The van der Waals surface area contributed by atoms with E-state index in [-0.39, 0.29) is 94.0 Å². The van der Waals surface area contributed by atoms with E-state index in [1.165, 1.54) is 0 Å². The topological polar surface area (TPSA) is 441 Å². The van der Waals surface area contributed by atoms with Gasteiger partial charge in [-0.1, -0.05) is 0 Å². The first-order valence-corrected chi connectivity index (χ1v) is 0. The van der Waals surface area contributed by atoms with Crippen LogP contribution in [0.5, 0.6) is 0 Å². The zero-order valence-electron chi connectivity index (χ0n) is 7.58. The SMILES string of the molecule is O.O.O.O.O.O.O.O.O.O.O.O.O.O.[Al+3]. The molecule has 0 spiro atoms. The first-order chi connectivity index (χ1) is 0. The van der Waals surface area contributed by atoms with Gasteiger partial charge < -0.3 is 76.7 Å². The van der Waals surface area contributed by atoms with Crippen LogP contribution in [0.1, 0.15) is 0 Å². The Morgan fingerprint density at radius 1 is 0.133 bits per heavy atom. The van der Waals surface area contributed by atoms with E-state index in [1.54, 1.807) is 0 Å². The number of hydrogen-bond donors (Lipinski definition) is 0. The van der Waals surface area contributed by atoms with Crippen molar-refractivity contribution in [3.63, 3.8) is 0 Å². The molecule has 0 heterocycles. The van der Waals surface area contributed by atoms with Gasteiger partial charge in [0.15, 0.2) is 0 Å². The van der Waals surface area contributed by atoms with Crippen molar-refractivity contribution in [2.75, 3.05) is 0 Å². The van der Waals surface area contributed by atoms with E-state index in [4.69, 9.17) is 0 Å². The molecule has 0 unspecified atom stereocenters. The van der Waals surface area contributed by atoms with Crippen LogP contribution in [0.2, 0.25) is 0 Å². The summed E-state index contributed by atoms with van der Waals surface area (Å²) in [4.78, 5) is 0. The molecule has 0 aromatic heterocycles. The first kappa shape index (κ1) is 3860000. The second-order valence-electron chi connectivity index (χ2n) is 0. The molecule has 0 radical (unpaired) electrons. The Bertz CT molecular complexity index is 5.30. The normalized spacial score (nSPS) is 0. The van der Waals surface area contributed by atoms with Crippen molar-refractivity contribution in [2.45, 2.75) is 0 Å². The Kier molecular flexibility index (Phi) is 797000000000. The molecule has 0 amide bonds. The Labute approximate surface area is 95.0 Å². The smallest absolute Gasteiger partial charge is 0.412 e. The molecule has 15 heteroatoms. The van der Waals surface area contributed by atoms with Crippen molar-refractivity contribution < 1.29 is 76.7 Å². The summed E-state index contributed by atoms with van der Waals surface area (Å²) in [7, 11) is 0. The number of hydrogen-bond acceptors (Lipinski definition) is 0. The van der Waals surface area contributed by atoms with Crippen molar-refractivity contribution in [1.82, 2.24) is 0 Å². The quantitative estimate of drug-likeness (QED) is 0.372. The maximum absolute atomic E-state index is 0. The summed E-state index contributed by atoms with van der Waals surface area (Å²) in [5, 5.41) is 0. The molecule has 15 heavy (non-hydrogen) atoms. The summed E-state index contributed by atoms with van der Waals surface area (Å²) in [6.07, 6.45) is 0. The maximum atomic E-state index is 0. The van der Waals surface area contributed by atoms with Gasteiger partial charge in [0.05, 0.1) is 0 Å². The molecule has 0 saturated carbocycles.